The molecule has 6 nitrogen and oxygen atoms in total. The van der Waals surface area contributed by atoms with E-state index >= 15 is 0 Å². The molecule has 1 amide bonds. The molecular weight excluding hydrogens is 388 g/mol. The molecule has 0 aliphatic heterocycles. The van der Waals surface area contributed by atoms with E-state index in [1.807, 2.05) is 0 Å². The number of benzene rings is 2. The predicted octanol–water partition coefficient (Wildman–Crippen LogP) is 3.59. The lowest BCUT2D eigenvalue weighted by Gasteiger charge is -2.31. The lowest BCUT2D eigenvalue weighted by molar-refractivity contribution is -0.120. The number of amides is 1. The third kappa shape index (κ3) is 5.09. The van der Waals surface area contributed by atoms with Crippen LogP contribution in [0.25, 0.3) is 0 Å². The Bertz CT molecular complexity index is 914. The average molecular weight is 417 g/mol. The lowest BCUT2D eigenvalue weighted by atomic mass is 9.86. The van der Waals surface area contributed by atoms with Crippen LogP contribution in [0.1, 0.15) is 32.6 Å². The van der Waals surface area contributed by atoms with Gasteiger partial charge in [-0.05, 0) is 55.2 Å². The van der Waals surface area contributed by atoms with Crippen molar-refractivity contribution in [3.63, 3.8) is 0 Å². The summed E-state index contributed by atoms with van der Waals surface area (Å²) >= 11 is 0. The number of carbonyl (C=O) groups is 1. The van der Waals surface area contributed by atoms with Crippen LogP contribution in [0.5, 0.6) is 5.75 Å². The molecule has 2 atom stereocenters. The van der Waals surface area contributed by atoms with E-state index < -0.39 is 10.0 Å². The molecule has 2 unspecified atom stereocenters. The van der Waals surface area contributed by atoms with E-state index in [0.717, 1.165) is 23.6 Å². The number of hydrogen-bond acceptors (Lipinski definition) is 4. The second-order valence-electron chi connectivity index (χ2n) is 7.46. The molecular formula is C22H28N2O4S. The fourth-order valence-corrected chi connectivity index (χ4v) is 5.14. The monoisotopic (exact) mass is 416 g/mol. The zero-order valence-corrected chi connectivity index (χ0v) is 17.7. The minimum absolute atomic E-state index is 0.0911. The van der Waals surface area contributed by atoms with E-state index in [0.29, 0.717) is 17.4 Å². The van der Waals surface area contributed by atoms with Crippen molar-refractivity contribution in [1.82, 2.24) is 5.32 Å². The lowest BCUT2D eigenvalue weighted by Crippen LogP contribution is -2.47. The molecule has 1 aliphatic rings. The van der Waals surface area contributed by atoms with E-state index in [1.54, 1.807) is 49.6 Å². The standard InChI is InChI=1S/C22H28N2O4S/c1-17-8-6-7-11-21(17)23-22(25)16-24(18-12-14-19(28-2)15-13-18)29(26,27)20-9-4-3-5-10-20/h3-5,9-10,12-15,17,21H,6-8,11,16H2,1-2H3,(H,23,25). The number of carbonyl (C=O) groups excluding carboxylic acids is 1. The molecule has 1 saturated carbocycles. The van der Waals surface area contributed by atoms with E-state index in [1.165, 1.54) is 18.6 Å². The Morgan fingerprint density at radius 2 is 1.72 bits per heavy atom. The molecule has 156 valence electrons. The van der Waals surface area contributed by atoms with Crippen molar-refractivity contribution in [2.45, 2.75) is 43.5 Å². The smallest absolute Gasteiger partial charge is 0.264 e. The van der Waals surface area contributed by atoms with Gasteiger partial charge in [-0.1, -0.05) is 38.0 Å². The Labute approximate surface area is 172 Å². The van der Waals surface area contributed by atoms with E-state index in [4.69, 9.17) is 4.74 Å². The van der Waals surface area contributed by atoms with E-state index in [-0.39, 0.29) is 23.4 Å². The minimum atomic E-state index is -3.89. The Morgan fingerprint density at radius 3 is 2.34 bits per heavy atom. The summed E-state index contributed by atoms with van der Waals surface area (Å²) in [5.41, 5.74) is 0.418. The summed E-state index contributed by atoms with van der Waals surface area (Å²) in [5, 5.41) is 3.05. The molecule has 3 rings (SSSR count). The van der Waals surface area contributed by atoms with Gasteiger partial charge in [-0.2, -0.15) is 0 Å². The zero-order valence-electron chi connectivity index (χ0n) is 16.9. The molecule has 0 spiro atoms. The molecule has 1 fully saturated rings. The van der Waals surface area contributed by atoms with Crippen LogP contribution in [-0.4, -0.2) is 34.0 Å². The summed E-state index contributed by atoms with van der Waals surface area (Å²) in [6.07, 6.45) is 4.27. The van der Waals surface area contributed by atoms with Crippen LogP contribution in [0.2, 0.25) is 0 Å². The van der Waals surface area contributed by atoms with Gasteiger partial charge in [-0.15, -0.1) is 0 Å². The molecule has 1 aliphatic carbocycles. The summed E-state index contributed by atoms with van der Waals surface area (Å²) < 4.78 is 32.9. The second kappa shape index (κ2) is 9.31. The first-order valence-corrected chi connectivity index (χ1v) is 11.4. The quantitative estimate of drug-likeness (QED) is 0.748. The first-order chi connectivity index (χ1) is 13.9. The molecule has 2 aromatic rings. The molecule has 1 N–H and O–H groups in total. The van der Waals surface area contributed by atoms with Gasteiger partial charge in [0.05, 0.1) is 17.7 Å². The van der Waals surface area contributed by atoms with Crippen molar-refractivity contribution >= 4 is 21.6 Å². The highest BCUT2D eigenvalue weighted by atomic mass is 32.2. The van der Waals surface area contributed by atoms with Gasteiger partial charge in [0.2, 0.25) is 5.91 Å². The fourth-order valence-electron chi connectivity index (χ4n) is 3.70. The number of nitrogens with zero attached hydrogens (tertiary/aromatic N) is 1. The van der Waals surface area contributed by atoms with Gasteiger partial charge < -0.3 is 10.1 Å². The van der Waals surface area contributed by atoms with Crippen LogP contribution < -0.4 is 14.4 Å². The maximum atomic E-state index is 13.3. The molecule has 0 aromatic heterocycles. The van der Waals surface area contributed by atoms with Crippen molar-refractivity contribution in [3.8, 4) is 5.75 Å². The minimum Gasteiger partial charge on any atom is -0.497 e. The number of methoxy groups -OCH3 is 1. The summed E-state index contributed by atoms with van der Waals surface area (Å²) in [6, 6.07) is 14.9. The summed E-state index contributed by atoms with van der Waals surface area (Å²) in [7, 11) is -2.34. The first-order valence-electron chi connectivity index (χ1n) is 9.93. The first kappa shape index (κ1) is 21.2. The molecule has 29 heavy (non-hydrogen) atoms. The Balaban J connectivity index is 1.87. The number of anilines is 1. The van der Waals surface area contributed by atoms with Gasteiger partial charge in [-0.25, -0.2) is 8.42 Å². The van der Waals surface area contributed by atoms with Gasteiger partial charge in [-0.3, -0.25) is 9.10 Å². The summed E-state index contributed by atoms with van der Waals surface area (Å²) in [5.74, 6) is 0.721. The number of ether oxygens (including phenoxy) is 1. The van der Waals surface area contributed by atoms with Gasteiger partial charge in [0, 0.05) is 6.04 Å². The fraction of sp³-hybridized carbons (Fsp3) is 0.409. The largest absolute Gasteiger partial charge is 0.497 e. The topological polar surface area (TPSA) is 75.7 Å². The number of hydrogen-bond donors (Lipinski definition) is 1. The molecule has 0 heterocycles. The number of nitrogens with one attached hydrogen (secondary N) is 1. The third-order valence-electron chi connectivity index (χ3n) is 5.44. The summed E-state index contributed by atoms with van der Waals surface area (Å²) in [6.45, 7) is 1.86. The van der Waals surface area contributed by atoms with Crippen molar-refractivity contribution in [2.75, 3.05) is 18.0 Å². The SMILES string of the molecule is COc1ccc(N(CC(=O)NC2CCCCC2C)S(=O)(=O)c2ccccc2)cc1. The maximum Gasteiger partial charge on any atom is 0.264 e. The average Bonchev–Trinajstić information content (AvgIpc) is 2.74. The van der Waals surface area contributed by atoms with Gasteiger partial charge in [0.1, 0.15) is 12.3 Å². The number of sulfonamides is 1. The van der Waals surface area contributed by atoms with Crippen molar-refractivity contribution in [3.05, 3.63) is 54.6 Å². The predicted molar refractivity (Wildman–Crippen MR) is 114 cm³/mol. The molecule has 2 aromatic carbocycles. The van der Waals surface area contributed by atoms with Crippen molar-refractivity contribution in [2.24, 2.45) is 5.92 Å². The van der Waals surface area contributed by atoms with Crippen LogP contribution in [-0.2, 0) is 14.8 Å². The van der Waals surface area contributed by atoms with Crippen molar-refractivity contribution in [1.29, 1.82) is 0 Å². The van der Waals surface area contributed by atoms with Crippen LogP contribution >= 0.6 is 0 Å². The molecule has 0 bridgehead atoms. The van der Waals surface area contributed by atoms with Crippen LogP contribution in [0.4, 0.5) is 5.69 Å². The molecule has 0 saturated heterocycles. The highest BCUT2D eigenvalue weighted by molar-refractivity contribution is 7.92. The van der Waals surface area contributed by atoms with E-state index in [2.05, 4.69) is 12.2 Å². The van der Waals surface area contributed by atoms with Gasteiger partial charge in [0.25, 0.3) is 10.0 Å². The van der Waals surface area contributed by atoms with Gasteiger partial charge in [0.15, 0.2) is 0 Å². The van der Waals surface area contributed by atoms with E-state index in [9.17, 15) is 13.2 Å². The second-order valence-corrected chi connectivity index (χ2v) is 9.32. The Hall–Kier alpha value is -2.54. The highest BCUT2D eigenvalue weighted by Gasteiger charge is 2.29. The molecule has 0 radical (unpaired) electrons. The van der Waals surface area contributed by atoms with Crippen LogP contribution in [0, 0.1) is 5.92 Å². The number of rotatable bonds is 7. The summed E-state index contributed by atoms with van der Waals surface area (Å²) in [4.78, 5) is 12.9. The normalized spacial score (nSPS) is 19.4. The maximum absolute atomic E-state index is 13.3. The highest BCUT2D eigenvalue weighted by Crippen LogP contribution is 2.27. The Morgan fingerprint density at radius 1 is 1.07 bits per heavy atom. The van der Waals surface area contributed by atoms with Crippen molar-refractivity contribution < 1.29 is 17.9 Å². The van der Waals surface area contributed by atoms with Gasteiger partial charge >= 0.3 is 0 Å². The Kier molecular flexibility index (Phi) is 6.79. The zero-order chi connectivity index (χ0) is 20.9. The molecule has 7 heteroatoms. The van der Waals surface area contributed by atoms with Crippen LogP contribution in [0.3, 0.4) is 0 Å². The van der Waals surface area contributed by atoms with Crippen LogP contribution in [0.15, 0.2) is 59.5 Å². The third-order valence-corrected chi connectivity index (χ3v) is 7.22.